The molecule has 0 atom stereocenters. The van der Waals surface area contributed by atoms with E-state index < -0.39 is 4.92 Å². The van der Waals surface area contributed by atoms with Gasteiger partial charge < -0.3 is 10.3 Å². The van der Waals surface area contributed by atoms with Crippen molar-refractivity contribution < 1.29 is 9.72 Å². The Hall–Kier alpha value is -4.53. The molecule has 0 aliphatic rings. The van der Waals surface area contributed by atoms with E-state index in [1.165, 1.54) is 6.07 Å². The zero-order valence-corrected chi connectivity index (χ0v) is 16.1. The van der Waals surface area contributed by atoms with Crippen LogP contribution in [0.5, 0.6) is 0 Å². The molecule has 0 saturated heterocycles. The molecule has 5 aromatic rings. The first-order valence-corrected chi connectivity index (χ1v) is 9.54. The fraction of sp³-hybridized carbons (Fsp3) is 0.0455. The summed E-state index contributed by atoms with van der Waals surface area (Å²) in [5, 5.41) is 22.2. The number of nitrogens with one attached hydrogen (secondary N) is 3. The maximum atomic E-state index is 12.6. The summed E-state index contributed by atoms with van der Waals surface area (Å²) in [6, 6.07) is 19.2. The summed E-state index contributed by atoms with van der Waals surface area (Å²) in [7, 11) is 0. The van der Waals surface area contributed by atoms with E-state index >= 15 is 0 Å². The minimum absolute atomic E-state index is 0.0253. The summed E-state index contributed by atoms with van der Waals surface area (Å²) in [5.41, 5.74) is 3.85. The smallest absolute Gasteiger partial charge is 0.274 e. The molecule has 0 spiro atoms. The van der Waals surface area contributed by atoms with Gasteiger partial charge in [0.2, 0.25) is 0 Å². The second-order valence-corrected chi connectivity index (χ2v) is 7.00. The first-order valence-electron chi connectivity index (χ1n) is 9.54. The number of nitro benzene ring substituents is 1. The fourth-order valence-electron chi connectivity index (χ4n) is 3.52. The van der Waals surface area contributed by atoms with E-state index in [0.717, 1.165) is 10.9 Å². The highest BCUT2D eigenvalue weighted by molar-refractivity contribution is 5.98. The van der Waals surface area contributed by atoms with E-state index in [-0.39, 0.29) is 18.1 Å². The molecular formula is C22H16N6O3. The van der Waals surface area contributed by atoms with E-state index in [9.17, 15) is 14.9 Å². The molecule has 0 unspecified atom stereocenters. The van der Waals surface area contributed by atoms with Crippen molar-refractivity contribution >= 4 is 33.5 Å². The molecule has 9 nitrogen and oxygen atoms in total. The third kappa shape index (κ3) is 3.38. The number of fused-ring (bicyclic) bond motifs is 2. The van der Waals surface area contributed by atoms with Crippen LogP contribution >= 0.6 is 0 Å². The van der Waals surface area contributed by atoms with Crippen LogP contribution in [-0.2, 0) is 6.54 Å². The van der Waals surface area contributed by atoms with Crippen LogP contribution in [0.15, 0.2) is 66.7 Å². The van der Waals surface area contributed by atoms with Crippen LogP contribution in [0.25, 0.3) is 33.5 Å². The quantitative estimate of drug-likeness (QED) is 0.297. The lowest BCUT2D eigenvalue weighted by molar-refractivity contribution is -0.385. The molecular weight excluding hydrogens is 396 g/mol. The number of imidazole rings is 1. The molecule has 5 rings (SSSR count). The lowest BCUT2D eigenvalue weighted by Gasteiger charge is -2.06. The summed E-state index contributed by atoms with van der Waals surface area (Å²) in [4.78, 5) is 31.1. The molecule has 1 amide bonds. The number of para-hydroxylation sites is 2. The molecule has 0 saturated carbocycles. The minimum Gasteiger partial charge on any atom is -0.348 e. The second kappa shape index (κ2) is 7.38. The van der Waals surface area contributed by atoms with E-state index in [1.54, 1.807) is 36.4 Å². The normalized spacial score (nSPS) is 11.1. The van der Waals surface area contributed by atoms with Gasteiger partial charge in [-0.2, -0.15) is 5.10 Å². The third-order valence-electron chi connectivity index (χ3n) is 5.07. The van der Waals surface area contributed by atoms with Gasteiger partial charge in [0.15, 0.2) is 5.82 Å². The standard InChI is InChI=1S/C22H16N6O3/c29-22(23-12-14-5-1-4-8-19(14)28(30)31)13-9-10-17-18(11-13)25-21(24-17)20-15-6-2-3-7-16(15)26-27-20/h1-11H,12H2,(H,23,29)(H,24,25)(H,26,27). The predicted molar refractivity (Wildman–Crippen MR) is 115 cm³/mol. The van der Waals surface area contributed by atoms with Crippen molar-refractivity contribution in [2.24, 2.45) is 0 Å². The van der Waals surface area contributed by atoms with Crippen molar-refractivity contribution in [3.8, 4) is 11.5 Å². The van der Waals surface area contributed by atoms with Crippen molar-refractivity contribution in [1.82, 2.24) is 25.5 Å². The molecule has 152 valence electrons. The minimum atomic E-state index is -0.460. The van der Waals surface area contributed by atoms with Crippen molar-refractivity contribution in [1.29, 1.82) is 0 Å². The summed E-state index contributed by atoms with van der Waals surface area (Å²) >= 11 is 0. The van der Waals surface area contributed by atoms with Crippen LogP contribution in [0, 0.1) is 10.1 Å². The van der Waals surface area contributed by atoms with Crippen LogP contribution in [0.4, 0.5) is 5.69 Å². The number of amides is 1. The zero-order chi connectivity index (χ0) is 21.4. The molecule has 0 bridgehead atoms. The van der Waals surface area contributed by atoms with Gasteiger partial charge in [-0.3, -0.25) is 20.0 Å². The molecule has 2 aromatic heterocycles. The van der Waals surface area contributed by atoms with Gasteiger partial charge in [0.05, 0.1) is 21.5 Å². The first kappa shape index (κ1) is 18.5. The predicted octanol–water partition coefficient (Wildman–Crippen LogP) is 3.94. The van der Waals surface area contributed by atoms with E-state index in [4.69, 9.17) is 0 Å². The highest BCUT2D eigenvalue weighted by Gasteiger charge is 2.16. The number of aromatic amines is 2. The molecule has 0 radical (unpaired) electrons. The monoisotopic (exact) mass is 412 g/mol. The number of benzene rings is 3. The molecule has 0 aliphatic carbocycles. The molecule has 9 heteroatoms. The average Bonchev–Trinajstić information content (AvgIpc) is 3.40. The van der Waals surface area contributed by atoms with Crippen LogP contribution in [0.1, 0.15) is 15.9 Å². The van der Waals surface area contributed by atoms with Crippen molar-refractivity contribution in [2.45, 2.75) is 6.54 Å². The van der Waals surface area contributed by atoms with Gasteiger partial charge in [0.1, 0.15) is 5.69 Å². The number of nitrogens with zero attached hydrogens (tertiary/aromatic N) is 3. The Kier molecular flexibility index (Phi) is 4.40. The lowest BCUT2D eigenvalue weighted by Crippen LogP contribution is -2.23. The fourth-order valence-corrected chi connectivity index (χ4v) is 3.52. The molecule has 3 N–H and O–H groups in total. The number of rotatable bonds is 5. The summed E-state index contributed by atoms with van der Waals surface area (Å²) in [5.74, 6) is 0.270. The molecule has 2 heterocycles. The molecule has 31 heavy (non-hydrogen) atoms. The Labute approximate surface area is 175 Å². The number of hydrogen-bond acceptors (Lipinski definition) is 5. The number of carbonyl (C=O) groups excluding carboxylic acids is 1. The Morgan fingerprint density at radius 3 is 2.71 bits per heavy atom. The number of aromatic nitrogens is 4. The molecule has 0 fully saturated rings. The highest BCUT2D eigenvalue weighted by atomic mass is 16.6. The van der Waals surface area contributed by atoms with E-state index in [1.807, 2.05) is 24.3 Å². The van der Waals surface area contributed by atoms with Gasteiger partial charge in [-0.25, -0.2) is 4.98 Å². The highest BCUT2D eigenvalue weighted by Crippen LogP contribution is 2.26. The van der Waals surface area contributed by atoms with Gasteiger partial charge in [0, 0.05) is 29.1 Å². The van der Waals surface area contributed by atoms with Gasteiger partial charge in [0.25, 0.3) is 11.6 Å². The largest absolute Gasteiger partial charge is 0.348 e. The Balaban J connectivity index is 1.40. The van der Waals surface area contributed by atoms with Gasteiger partial charge in [-0.15, -0.1) is 0 Å². The summed E-state index contributed by atoms with van der Waals surface area (Å²) in [6.07, 6.45) is 0. The second-order valence-electron chi connectivity index (χ2n) is 7.00. The summed E-state index contributed by atoms with van der Waals surface area (Å²) in [6.45, 7) is 0.0571. The topological polar surface area (TPSA) is 130 Å². The number of carbonyl (C=O) groups is 1. The summed E-state index contributed by atoms with van der Waals surface area (Å²) < 4.78 is 0. The van der Waals surface area contributed by atoms with Crippen molar-refractivity contribution in [2.75, 3.05) is 0 Å². The maximum absolute atomic E-state index is 12.6. The van der Waals surface area contributed by atoms with Crippen molar-refractivity contribution in [3.63, 3.8) is 0 Å². The number of nitro groups is 1. The Morgan fingerprint density at radius 2 is 1.84 bits per heavy atom. The average molecular weight is 412 g/mol. The van der Waals surface area contributed by atoms with Crippen LogP contribution in [0.2, 0.25) is 0 Å². The Bertz CT molecular complexity index is 1450. The Morgan fingerprint density at radius 1 is 1.03 bits per heavy atom. The van der Waals surface area contributed by atoms with Crippen LogP contribution in [-0.4, -0.2) is 31.0 Å². The maximum Gasteiger partial charge on any atom is 0.274 e. The first-order chi connectivity index (χ1) is 15.1. The molecule has 0 aliphatic heterocycles. The van der Waals surface area contributed by atoms with Gasteiger partial charge in [-0.1, -0.05) is 36.4 Å². The lowest BCUT2D eigenvalue weighted by atomic mass is 10.1. The van der Waals surface area contributed by atoms with Gasteiger partial charge in [-0.05, 0) is 24.3 Å². The van der Waals surface area contributed by atoms with Crippen LogP contribution < -0.4 is 5.32 Å². The SMILES string of the molecule is O=C(NCc1ccccc1[N+](=O)[O-])c1ccc2nc(-c3n[nH]c4ccccc34)[nH]c2c1. The number of H-pyrrole nitrogens is 2. The van der Waals surface area contributed by atoms with E-state index in [2.05, 4.69) is 25.5 Å². The van der Waals surface area contributed by atoms with E-state index in [0.29, 0.717) is 33.7 Å². The molecule has 3 aromatic carbocycles. The third-order valence-corrected chi connectivity index (χ3v) is 5.07. The van der Waals surface area contributed by atoms with Crippen LogP contribution in [0.3, 0.4) is 0 Å². The van der Waals surface area contributed by atoms with Gasteiger partial charge >= 0.3 is 0 Å². The zero-order valence-electron chi connectivity index (χ0n) is 16.1. The van der Waals surface area contributed by atoms with Crippen molar-refractivity contribution in [3.05, 3.63) is 88.0 Å². The number of hydrogen-bond donors (Lipinski definition) is 3.